The van der Waals surface area contributed by atoms with Gasteiger partial charge in [-0.1, -0.05) is 26.7 Å². The van der Waals surface area contributed by atoms with Crippen molar-refractivity contribution in [3.05, 3.63) is 16.1 Å². The third kappa shape index (κ3) is 3.33. The van der Waals surface area contributed by atoms with Crippen molar-refractivity contribution in [1.82, 2.24) is 10.3 Å². The lowest BCUT2D eigenvalue weighted by atomic mass is 9.78. The molecule has 1 heterocycles. The number of nitrogens with zero attached hydrogens (tertiary/aromatic N) is 1. The highest BCUT2D eigenvalue weighted by Crippen LogP contribution is 2.41. The highest BCUT2D eigenvalue weighted by atomic mass is 32.1. The second-order valence-electron chi connectivity index (χ2n) is 5.93. The number of hydrogen-bond donors (Lipinski definition) is 1. The average molecular weight is 266 g/mol. The lowest BCUT2D eigenvalue weighted by Gasteiger charge is -2.34. The molecule has 1 fully saturated rings. The van der Waals surface area contributed by atoms with Crippen LogP contribution in [-0.2, 0) is 6.42 Å². The molecule has 0 radical (unpaired) electrons. The third-order valence-electron chi connectivity index (χ3n) is 4.31. The molecule has 0 aromatic carbocycles. The van der Waals surface area contributed by atoms with Crippen LogP contribution in [-0.4, -0.2) is 17.6 Å². The lowest BCUT2D eigenvalue weighted by Crippen LogP contribution is -2.44. The standard InChI is InChI=1S/C15H26N2S/c1-4-9-16-14(15(3)7-5-6-8-15)10-13-11-18-12(2)17-13/h11,14,16H,4-10H2,1-3H3. The third-order valence-corrected chi connectivity index (χ3v) is 5.13. The van der Waals surface area contributed by atoms with Crippen molar-refractivity contribution in [2.45, 2.75) is 65.3 Å². The van der Waals surface area contributed by atoms with Gasteiger partial charge in [0.1, 0.15) is 0 Å². The van der Waals surface area contributed by atoms with Gasteiger partial charge in [0.2, 0.25) is 0 Å². The van der Waals surface area contributed by atoms with E-state index in [-0.39, 0.29) is 0 Å². The number of aryl methyl sites for hydroxylation is 1. The van der Waals surface area contributed by atoms with Gasteiger partial charge >= 0.3 is 0 Å². The van der Waals surface area contributed by atoms with Crippen molar-refractivity contribution in [2.75, 3.05) is 6.54 Å². The maximum atomic E-state index is 4.64. The Morgan fingerprint density at radius 1 is 1.44 bits per heavy atom. The minimum Gasteiger partial charge on any atom is -0.313 e. The van der Waals surface area contributed by atoms with Crippen LogP contribution in [0.2, 0.25) is 0 Å². The molecule has 102 valence electrons. The molecule has 1 aliphatic rings. The Hall–Kier alpha value is -0.410. The molecule has 1 atom stereocenters. The number of rotatable bonds is 6. The minimum absolute atomic E-state index is 0.479. The van der Waals surface area contributed by atoms with E-state index in [1.165, 1.54) is 42.8 Å². The first kappa shape index (κ1) is 14.0. The van der Waals surface area contributed by atoms with Gasteiger partial charge in [0.05, 0.1) is 10.7 Å². The van der Waals surface area contributed by atoms with Gasteiger partial charge in [0.25, 0.3) is 0 Å². The lowest BCUT2D eigenvalue weighted by molar-refractivity contribution is 0.218. The first-order valence-electron chi connectivity index (χ1n) is 7.28. The summed E-state index contributed by atoms with van der Waals surface area (Å²) in [5.41, 5.74) is 1.76. The van der Waals surface area contributed by atoms with Crippen molar-refractivity contribution in [3.8, 4) is 0 Å². The highest BCUT2D eigenvalue weighted by Gasteiger charge is 2.36. The molecule has 1 aliphatic carbocycles. The van der Waals surface area contributed by atoms with E-state index in [0.717, 1.165) is 13.0 Å². The molecule has 1 aromatic rings. The molecule has 0 spiro atoms. The Bertz CT molecular complexity index is 366. The molecule has 1 aromatic heterocycles. The Labute approximate surface area is 115 Å². The fraction of sp³-hybridized carbons (Fsp3) is 0.800. The Kier molecular flexibility index (Phi) is 4.79. The quantitative estimate of drug-likeness (QED) is 0.843. The van der Waals surface area contributed by atoms with E-state index in [9.17, 15) is 0 Å². The van der Waals surface area contributed by atoms with Gasteiger partial charge < -0.3 is 5.32 Å². The molecule has 0 bridgehead atoms. The van der Waals surface area contributed by atoms with E-state index in [2.05, 4.69) is 36.5 Å². The zero-order valence-corrected chi connectivity index (χ0v) is 12.8. The average Bonchev–Trinajstić information content (AvgIpc) is 2.94. The summed E-state index contributed by atoms with van der Waals surface area (Å²) in [6, 6.07) is 0.599. The maximum absolute atomic E-state index is 4.64. The Morgan fingerprint density at radius 3 is 2.72 bits per heavy atom. The van der Waals surface area contributed by atoms with Gasteiger partial charge in [-0.2, -0.15) is 0 Å². The Morgan fingerprint density at radius 2 is 2.17 bits per heavy atom. The maximum Gasteiger partial charge on any atom is 0.0897 e. The van der Waals surface area contributed by atoms with E-state index >= 15 is 0 Å². The van der Waals surface area contributed by atoms with E-state index in [1.54, 1.807) is 11.3 Å². The Balaban J connectivity index is 2.04. The van der Waals surface area contributed by atoms with Gasteiger partial charge in [-0.05, 0) is 38.1 Å². The van der Waals surface area contributed by atoms with Crippen LogP contribution in [0.1, 0.15) is 56.7 Å². The van der Waals surface area contributed by atoms with Crippen LogP contribution in [0.5, 0.6) is 0 Å². The summed E-state index contributed by atoms with van der Waals surface area (Å²) in [5, 5.41) is 7.20. The van der Waals surface area contributed by atoms with Gasteiger partial charge in [0, 0.05) is 17.8 Å². The van der Waals surface area contributed by atoms with E-state index in [4.69, 9.17) is 0 Å². The summed E-state index contributed by atoms with van der Waals surface area (Å²) in [5.74, 6) is 0. The van der Waals surface area contributed by atoms with Gasteiger partial charge in [-0.15, -0.1) is 11.3 Å². The highest BCUT2D eigenvalue weighted by molar-refractivity contribution is 7.09. The predicted octanol–water partition coefficient (Wildman–Crippen LogP) is 3.94. The molecule has 3 heteroatoms. The summed E-state index contributed by atoms with van der Waals surface area (Å²) < 4.78 is 0. The largest absolute Gasteiger partial charge is 0.313 e. The van der Waals surface area contributed by atoms with E-state index in [1.807, 2.05) is 0 Å². The van der Waals surface area contributed by atoms with Crippen molar-refractivity contribution in [3.63, 3.8) is 0 Å². The number of thiazole rings is 1. The summed E-state index contributed by atoms with van der Waals surface area (Å²) in [6.07, 6.45) is 7.85. The van der Waals surface area contributed by atoms with Crippen LogP contribution in [0.25, 0.3) is 0 Å². The number of aromatic nitrogens is 1. The SMILES string of the molecule is CCCNC(Cc1csc(C)n1)C1(C)CCCC1. The predicted molar refractivity (Wildman–Crippen MR) is 79.2 cm³/mol. The van der Waals surface area contributed by atoms with Crippen LogP contribution >= 0.6 is 11.3 Å². The molecule has 2 nitrogen and oxygen atoms in total. The molecule has 0 saturated heterocycles. The topological polar surface area (TPSA) is 24.9 Å². The van der Waals surface area contributed by atoms with Crippen LogP contribution in [0.3, 0.4) is 0 Å². The molecule has 1 saturated carbocycles. The number of nitrogens with one attached hydrogen (secondary N) is 1. The molecule has 2 rings (SSSR count). The van der Waals surface area contributed by atoms with Gasteiger partial charge in [0.15, 0.2) is 0 Å². The molecular weight excluding hydrogens is 240 g/mol. The molecular formula is C15H26N2S. The van der Waals surface area contributed by atoms with Gasteiger partial charge in [-0.3, -0.25) is 0 Å². The fourth-order valence-corrected chi connectivity index (χ4v) is 3.75. The summed E-state index contributed by atoms with van der Waals surface area (Å²) >= 11 is 1.77. The van der Waals surface area contributed by atoms with E-state index in [0.29, 0.717) is 11.5 Å². The summed E-state index contributed by atoms with van der Waals surface area (Å²) in [4.78, 5) is 4.64. The molecule has 18 heavy (non-hydrogen) atoms. The molecule has 0 amide bonds. The molecule has 1 N–H and O–H groups in total. The fourth-order valence-electron chi connectivity index (χ4n) is 3.13. The normalized spacial score (nSPS) is 20.2. The van der Waals surface area contributed by atoms with E-state index < -0.39 is 0 Å². The summed E-state index contributed by atoms with van der Waals surface area (Å²) in [6.45, 7) is 7.93. The second kappa shape index (κ2) is 6.16. The van der Waals surface area contributed by atoms with Crippen LogP contribution in [0.15, 0.2) is 5.38 Å². The smallest absolute Gasteiger partial charge is 0.0897 e. The summed E-state index contributed by atoms with van der Waals surface area (Å²) in [7, 11) is 0. The van der Waals surface area contributed by atoms with Crippen LogP contribution in [0.4, 0.5) is 0 Å². The van der Waals surface area contributed by atoms with Crippen LogP contribution < -0.4 is 5.32 Å². The first-order valence-corrected chi connectivity index (χ1v) is 8.16. The monoisotopic (exact) mass is 266 g/mol. The second-order valence-corrected chi connectivity index (χ2v) is 6.99. The van der Waals surface area contributed by atoms with Crippen molar-refractivity contribution in [2.24, 2.45) is 5.41 Å². The zero-order valence-electron chi connectivity index (χ0n) is 12.0. The molecule has 1 unspecified atom stereocenters. The van der Waals surface area contributed by atoms with Crippen molar-refractivity contribution < 1.29 is 0 Å². The first-order chi connectivity index (χ1) is 8.64. The van der Waals surface area contributed by atoms with Crippen molar-refractivity contribution in [1.29, 1.82) is 0 Å². The minimum atomic E-state index is 0.479. The zero-order chi connectivity index (χ0) is 13.0. The van der Waals surface area contributed by atoms with Crippen LogP contribution in [0, 0.1) is 12.3 Å². The number of hydrogen-bond acceptors (Lipinski definition) is 3. The van der Waals surface area contributed by atoms with Gasteiger partial charge in [-0.25, -0.2) is 4.98 Å². The van der Waals surface area contributed by atoms with Crippen molar-refractivity contribution >= 4 is 11.3 Å². The molecule has 0 aliphatic heterocycles.